The Bertz CT molecular complexity index is 567. The normalized spacial score (nSPS) is 10.5. The third kappa shape index (κ3) is 2.20. The van der Waals surface area contributed by atoms with Crippen LogP contribution in [0.2, 0.25) is 0 Å². The first kappa shape index (κ1) is 11.7. The fourth-order valence-electron chi connectivity index (χ4n) is 1.42. The zero-order chi connectivity index (χ0) is 12.4. The summed E-state index contributed by atoms with van der Waals surface area (Å²) in [5, 5.41) is 23.6. The van der Waals surface area contributed by atoms with Crippen molar-refractivity contribution in [3.8, 4) is 11.3 Å². The first-order chi connectivity index (χ1) is 8.13. The molecule has 1 heterocycles. The number of rotatable bonds is 3. The van der Waals surface area contributed by atoms with Gasteiger partial charge in [-0.15, -0.1) is 0 Å². The fourth-order valence-corrected chi connectivity index (χ4v) is 1.81. The van der Waals surface area contributed by atoms with Gasteiger partial charge in [-0.25, -0.2) is 0 Å². The van der Waals surface area contributed by atoms with Gasteiger partial charge in [0.15, 0.2) is 0 Å². The van der Waals surface area contributed by atoms with Crippen LogP contribution in [0.1, 0.15) is 5.56 Å². The van der Waals surface area contributed by atoms with Crippen LogP contribution in [-0.4, -0.2) is 15.2 Å². The zero-order valence-corrected chi connectivity index (χ0v) is 10.0. The number of hydrogen-bond donors (Lipinski definition) is 1. The third-order valence-electron chi connectivity index (χ3n) is 2.23. The van der Waals surface area contributed by atoms with Crippen molar-refractivity contribution < 1.29 is 14.6 Å². The molecular weight excluding hydrogens is 292 g/mol. The molecule has 7 heteroatoms. The quantitative estimate of drug-likeness (QED) is 0.694. The van der Waals surface area contributed by atoms with E-state index < -0.39 is 4.92 Å². The third-order valence-corrected chi connectivity index (χ3v) is 2.85. The molecule has 0 saturated heterocycles. The number of aliphatic hydroxyl groups excluding tert-OH is 1. The van der Waals surface area contributed by atoms with Crippen molar-refractivity contribution in [3.63, 3.8) is 0 Å². The molecule has 1 aromatic heterocycles. The van der Waals surface area contributed by atoms with E-state index in [1.165, 1.54) is 12.1 Å². The van der Waals surface area contributed by atoms with Crippen LogP contribution in [0.3, 0.4) is 0 Å². The lowest BCUT2D eigenvalue weighted by Crippen LogP contribution is -1.90. The molecule has 0 aliphatic carbocycles. The maximum atomic E-state index is 10.6. The number of aromatic nitrogens is 1. The topological polar surface area (TPSA) is 89.4 Å². The Hall–Kier alpha value is -1.73. The summed E-state index contributed by atoms with van der Waals surface area (Å²) in [7, 11) is 0. The smallest absolute Gasteiger partial charge is 0.270 e. The highest BCUT2D eigenvalue weighted by atomic mass is 79.9. The molecule has 0 fully saturated rings. The van der Waals surface area contributed by atoms with Crippen molar-refractivity contribution in [3.05, 3.63) is 44.6 Å². The van der Waals surface area contributed by atoms with Gasteiger partial charge >= 0.3 is 0 Å². The van der Waals surface area contributed by atoms with E-state index in [9.17, 15) is 10.1 Å². The number of nitrogens with zero attached hydrogens (tertiary/aromatic N) is 2. The van der Waals surface area contributed by atoms with Gasteiger partial charge in [0.1, 0.15) is 5.69 Å². The minimum absolute atomic E-state index is 0.0366. The van der Waals surface area contributed by atoms with Gasteiger partial charge in [0.2, 0.25) is 4.67 Å². The van der Waals surface area contributed by atoms with Gasteiger partial charge in [0.05, 0.1) is 17.1 Å². The summed E-state index contributed by atoms with van der Waals surface area (Å²) >= 11 is 3.10. The van der Waals surface area contributed by atoms with Crippen molar-refractivity contribution in [2.24, 2.45) is 0 Å². The van der Waals surface area contributed by atoms with Gasteiger partial charge in [0.25, 0.3) is 5.69 Å². The van der Waals surface area contributed by atoms with Crippen molar-refractivity contribution in [2.45, 2.75) is 6.61 Å². The molecule has 0 amide bonds. The maximum absolute atomic E-state index is 10.6. The molecule has 1 aromatic carbocycles. The van der Waals surface area contributed by atoms with Gasteiger partial charge in [-0.2, -0.15) is 0 Å². The van der Waals surface area contributed by atoms with E-state index in [1.54, 1.807) is 12.1 Å². The Labute approximate surface area is 104 Å². The lowest BCUT2D eigenvalue weighted by atomic mass is 10.1. The Balaban J connectivity index is 2.52. The van der Waals surface area contributed by atoms with Crippen LogP contribution in [0.5, 0.6) is 0 Å². The molecular formula is C10H7BrN2O4. The number of halogens is 1. The van der Waals surface area contributed by atoms with E-state index in [-0.39, 0.29) is 12.3 Å². The van der Waals surface area contributed by atoms with Crippen molar-refractivity contribution in [1.29, 1.82) is 0 Å². The lowest BCUT2D eigenvalue weighted by molar-refractivity contribution is -0.384. The number of nitro benzene ring substituents is 1. The highest BCUT2D eigenvalue weighted by molar-refractivity contribution is 9.10. The van der Waals surface area contributed by atoms with Gasteiger partial charge < -0.3 is 9.63 Å². The van der Waals surface area contributed by atoms with E-state index in [2.05, 4.69) is 21.1 Å². The van der Waals surface area contributed by atoms with Crippen LogP contribution < -0.4 is 0 Å². The molecule has 2 aromatic rings. The summed E-state index contributed by atoms with van der Waals surface area (Å²) in [4.78, 5) is 10.2. The number of non-ortho nitro benzene ring substituents is 1. The van der Waals surface area contributed by atoms with E-state index in [1.807, 2.05) is 0 Å². The molecule has 0 unspecified atom stereocenters. The van der Waals surface area contributed by atoms with Crippen LogP contribution >= 0.6 is 15.9 Å². The van der Waals surface area contributed by atoms with Crippen LogP contribution in [0.4, 0.5) is 5.69 Å². The van der Waals surface area contributed by atoms with E-state index in [0.29, 0.717) is 21.5 Å². The Morgan fingerprint density at radius 1 is 1.53 bits per heavy atom. The van der Waals surface area contributed by atoms with E-state index in [4.69, 9.17) is 9.63 Å². The average Bonchev–Trinajstić information content (AvgIpc) is 2.70. The molecule has 6 nitrogen and oxygen atoms in total. The molecule has 2 rings (SSSR count). The van der Waals surface area contributed by atoms with E-state index >= 15 is 0 Å². The summed E-state index contributed by atoms with van der Waals surface area (Å²) in [5.74, 6) is 0. The summed E-state index contributed by atoms with van der Waals surface area (Å²) in [6.45, 7) is -0.262. The van der Waals surface area contributed by atoms with Crippen LogP contribution in [0.15, 0.2) is 33.5 Å². The summed E-state index contributed by atoms with van der Waals surface area (Å²) in [6.07, 6.45) is 0. The molecule has 88 valence electrons. The molecule has 0 spiro atoms. The van der Waals surface area contributed by atoms with Crippen molar-refractivity contribution in [2.75, 3.05) is 0 Å². The molecule has 1 N–H and O–H groups in total. The largest absolute Gasteiger partial charge is 0.391 e. The summed E-state index contributed by atoms with van der Waals surface area (Å²) < 4.78 is 5.20. The second-order valence-corrected chi connectivity index (χ2v) is 3.97. The van der Waals surface area contributed by atoms with Crippen LogP contribution in [0.25, 0.3) is 11.3 Å². The zero-order valence-electron chi connectivity index (χ0n) is 8.46. The predicted molar refractivity (Wildman–Crippen MR) is 62.2 cm³/mol. The molecule has 0 bridgehead atoms. The summed E-state index contributed by atoms with van der Waals surface area (Å²) in [6, 6.07) is 5.98. The second kappa shape index (κ2) is 4.64. The minimum atomic E-state index is -0.489. The molecule has 0 radical (unpaired) electrons. The standard InChI is InChI=1S/C10H7BrN2O4/c11-10-8(5-14)9(12-17-10)6-2-1-3-7(4-6)13(15)16/h1-4,14H,5H2. The molecule has 0 atom stereocenters. The molecule has 0 aliphatic rings. The highest BCUT2D eigenvalue weighted by Crippen LogP contribution is 2.30. The fraction of sp³-hybridized carbons (Fsp3) is 0.100. The number of hydrogen-bond acceptors (Lipinski definition) is 5. The van der Waals surface area contributed by atoms with Crippen LogP contribution in [-0.2, 0) is 6.61 Å². The SMILES string of the molecule is O=[N+]([O-])c1cccc(-c2noc(Br)c2CO)c1. The number of nitro groups is 1. The summed E-state index contributed by atoms with van der Waals surface area (Å²) in [5.41, 5.74) is 1.34. The maximum Gasteiger partial charge on any atom is 0.270 e. The Kier molecular flexibility index (Phi) is 3.21. The predicted octanol–water partition coefficient (Wildman–Crippen LogP) is 2.50. The molecule has 17 heavy (non-hydrogen) atoms. The van der Waals surface area contributed by atoms with Gasteiger partial charge in [-0.05, 0) is 15.9 Å². The minimum Gasteiger partial charge on any atom is -0.391 e. The van der Waals surface area contributed by atoms with Crippen molar-refractivity contribution >= 4 is 21.6 Å². The first-order valence-electron chi connectivity index (χ1n) is 4.63. The number of benzene rings is 1. The van der Waals surface area contributed by atoms with Crippen LogP contribution in [0, 0.1) is 10.1 Å². The second-order valence-electron chi connectivity index (χ2n) is 3.25. The highest BCUT2D eigenvalue weighted by Gasteiger charge is 2.16. The van der Waals surface area contributed by atoms with E-state index in [0.717, 1.165) is 0 Å². The monoisotopic (exact) mass is 298 g/mol. The lowest BCUT2D eigenvalue weighted by Gasteiger charge is -1.98. The number of aliphatic hydroxyl groups is 1. The molecule has 0 aliphatic heterocycles. The van der Waals surface area contributed by atoms with Gasteiger partial charge in [-0.3, -0.25) is 10.1 Å². The Morgan fingerprint density at radius 3 is 2.94 bits per heavy atom. The van der Waals surface area contributed by atoms with Gasteiger partial charge in [0, 0.05) is 17.7 Å². The average molecular weight is 299 g/mol. The molecule has 0 saturated carbocycles. The van der Waals surface area contributed by atoms with Gasteiger partial charge in [-0.1, -0.05) is 17.3 Å². The Morgan fingerprint density at radius 2 is 2.29 bits per heavy atom. The first-order valence-corrected chi connectivity index (χ1v) is 5.42. The van der Waals surface area contributed by atoms with Crippen molar-refractivity contribution in [1.82, 2.24) is 5.16 Å².